The second kappa shape index (κ2) is 7.35. The molecule has 0 bridgehead atoms. The molecule has 0 atom stereocenters. The van der Waals surface area contributed by atoms with Crippen LogP contribution in [-0.2, 0) is 0 Å². The van der Waals surface area contributed by atoms with Gasteiger partial charge in [0, 0.05) is 12.2 Å². The summed E-state index contributed by atoms with van der Waals surface area (Å²) < 4.78 is 0. The maximum absolute atomic E-state index is 6.52. The predicted octanol–water partition coefficient (Wildman–Crippen LogP) is 6.00. The molecule has 1 aromatic heterocycles. The van der Waals surface area contributed by atoms with E-state index in [2.05, 4.69) is 54.5 Å². The highest BCUT2D eigenvalue weighted by molar-refractivity contribution is 6.33. The molecule has 1 fully saturated rings. The van der Waals surface area contributed by atoms with Crippen LogP contribution in [0.5, 0.6) is 0 Å². The molecule has 1 aliphatic carbocycles. The summed E-state index contributed by atoms with van der Waals surface area (Å²) >= 11 is 6.52. The monoisotopic (exact) mass is 328 g/mol. The number of anilines is 1. The average molecular weight is 329 g/mol. The number of hydrogen-bond acceptors (Lipinski definition) is 2. The highest BCUT2D eigenvalue weighted by atomic mass is 35.5. The molecule has 0 saturated heterocycles. The number of hydrogen-bond donors (Lipinski definition) is 1. The van der Waals surface area contributed by atoms with E-state index in [-0.39, 0.29) is 0 Å². The summed E-state index contributed by atoms with van der Waals surface area (Å²) in [7, 11) is 0. The van der Waals surface area contributed by atoms with Crippen LogP contribution in [0.1, 0.15) is 62.6 Å². The first-order valence-corrected chi connectivity index (χ1v) is 8.99. The third-order valence-electron chi connectivity index (χ3n) is 4.82. The number of nitrogens with one attached hydrogen (secondary N) is 1. The van der Waals surface area contributed by atoms with Crippen LogP contribution >= 0.6 is 11.6 Å². The Kier molecular flexibility index (Phi) is 5.22. The Labute approximate surface area is 144 Å². The van der Waals surface area contributed by atoms with E-state index < -0.39 is 0 Å². The average Bonchev–Trinajstić information content (AvgIpc) is 2.58. The maximum atomic E-state index is 6.52. The van der Waals surface area contributed by atoms with Gasteiger partial charge in [-0.1, -0.05) is 55.8 Å². The molecule has 0 aliphatic heterocycles. The highest BCUT2D eigenvalue weighted by Crippen LogP contribution is 2.36. The number of rotatable bonds is 4. The summed E-state index contributed by atoms with van der Waals surface area (Å²) in [5.74, 6) is 1.05. The van der Waals surface area contributed by atoms with Crippen molar-refractivity contribution >= 4 is 17.3 Å². The van der Waals surface area contributed by atoms with E-state index in [1.54, 1.807) is 0 Å². The first-order chi connectivity index (χ1) is 11.1. The normalized spacial score (nSPS) is 21.4. The van der Waals surface area contributed by atoms with Gasteiger partial charge in [-0.25, -0.2) is 0 Å². The van der Waals surface area contributed by atoms with Crippen molar-refractivity contribution in [2.45, 2.75) is 57.4 Å². The van der Waals surface area contributed by atoms with Crippen LogP contribution in [0.3, 0.4) is 0 Å². The van der Waals surface area contributed by atoms with E-state index in [1.807, 2.05) is 12.3 Å². The van der Waals surface area contributed by atoms with E-state index in [0.717, 1.165) is 16.4 Å². The van der Waals surface area contributed by atoms with Crippen LogP contribution in [0.4, 0.5) is 5.69 Å². The molecule has 23 heavy (non-hydrogen) atoms. The topological polar surface area (TPSA) is 24.9 Å². The van der Waals surface area contributed by atoms with Crippen molar-refractivity contribution < 1.29 is 0 Å². The van der Waals surface area contributed by atoms with E-state index in [0.29, 0.717) is 17.9 Å². The number of benzene rings is 1. The van der Waals surface area contributed by atoms with Crippen LogP contribution in [0.2, 0.25) is 5.02 Å². The number of halogens is 1. The molecule has 2 nitrogen and oxygen atoms in total. The summed E-state index contributed by atoms with van der Waals surface area (Å²) in [6.07, 6.45) is 6.71. The third kappa shape index (κ3) is 3.87. The fourth-order valence-corrected chi connectivity index (χ4v) is 3.87. The lowest BCUT2D eigenvalue weighted by atomic mass is 9.82. The van der Waals surface area contributed by atoms with Gasteiger partial charge in [-0.3, -0.25) is 4.98 Å². The Balaban J connectivity index is 1.62. The molecule has 0 unspecified atom stereocenters. The summed E-state index contributed by atoms with van der Waals surface area (Å²) in [6, 6.07) is 13.4. The van der Waals surface area contributed by atoms with Gasteiger partial charge in [-0.05, 0) is 49.1 Å². The van der Waals surface area contributed by atoms with Gasteiger partial charge < -0.3 is 5.32 Å². The van der Waals surface area contributed by atoms with Crippen molar-refractivity contribution in [1.29, 1.82) is 0 Å². The molecule has 2 aromatic rings. The maximum Gasteiger partial charge on any atom is 0.0855 e. The molecule has 1 heterocycles. The largest absolute Gasteiger partial charge is 0.381 e. The van der Waals surface area contributed by atoms with Crippen molar-refractivity contribution in [1.82, 2.24) is 4.98 Å². The fraction of sp³-hybridized carbons (Fsp3) is 0.450. The van der Waals surface area contributed by atoms with Crippen LogP contribution < -0.4 is 5.32 Å². The number of aromatic nitrogens is 1. The van der Waals surface area contributed by atoms with Gasteiger partial charge in [0.05, 0.1) is 16.4 Å². The fourth-order valence-electron chi connectivity index (χ4n) is 3.49. The lowest BCUT2D eigenvalue weighted by Crippen LogP contribution is -2.25. The molecule has 1 N–H and O–H groups in total. The van der Waals surface area contributed by atoms with Gasteiger partial charge in [0.15, 0.2) is 0 Å². The van der Waals surface area contributed by atoms with Crippen LogP contribution in [0.15, 0.2) is 42.6 Å². The van der Waals surface area contributed by atoms with E-state index in [1.165, 1.54) is 31.2 Å². The Morgan fingerprint density at radius 2 is 1.74 bits per heavy atom. The lowest BCUT2D eigenvalue weighted by Gasteiger charge is -2.30. The molecule has 0 radical (unpaired) electrons. The van der Waals surface area contributed by atoms with E-state index in [4.69, 9.17) is 11.6 Å². The first-order valence-electron chi connectivity index (χ1n) is 8.61. The summed E-state index contributed by atoms with van der Waals surface area (Å²) in [4.78, 5) is 4.41. The second-order valence-corrected chi connectivity index (χ2v) is 7.19. The van der Waals surface area contributed by atoms with E-state index >= 15 is 0 Å². The first kappa shape index (κ1) is 16.3. The minimum atomic E-state index is 0.345. The molecular formula is C20H25ClN2. The summed E-state index contributed by atoms with van der Waals surface area (Å²) in [6.45, 7) is 4.26. The zero-order valence-electron chi connectivity index (χ0n) is 13.9. The van der Waals surface area contributed by atoms with Gasteiger partial charge in [-0.15, -0.1) is 0 Å². The van der Waals surface area contributed by atoms with Gasteiger partial charge in [0.2, 0.25) is 0 Å². The zero-order valence-corrected chi connectivity index (χ0v) is 14.7. The molecule has 1 saturated carbocycles. The molecule has 122 valence electrons. The minimum absolute atomic E-state index is 0.345. The predicted molar refractivity (Wildman–Crippen MR) is 98.4 cm³/mol. The standard InChI is InChI=1S/C20H25ClN2/c1-14(2)20-19(21)18(12-13-22-20)23-17-10-8-16(9-11-17)15-6-4-3-5-7-15/h3-7,12-14,16-17H,8-11H2,1-2H3,(H,22,23). The van der Waals surface area contributed by atoms with Gasteiger partial charge in [0.25, 0.3) is 0 Å². The molecular weight excluding hydrogens is 304 g/mol. The molecule has 0 amide bonds. The molecule has 1 aromatic carbocycles. The molecule has 3 heteroatoms. The minimum Gasteiger partial charge on any atom is -0.381 e. The molecule has 0 spiro atoms. The summed E-state index contributed by atoms with van der Waals surface area (Å²) in [5, 5.41) is 4.43. The van der Waals surface area contributed by atoms with Crippen LogP contribution in [0, 0.1) is 0 Å². The Bertz CT molecular complexity index is 631. The summed E-state index contributed by atoms with van der Waals surface area (Å²) in [5.41, 5.74) is 3.50. The third-order valence-corrected chi connectivity index (χ3v) is 5.22. The Morgan fingerprint density at radius 1 is 1.04 bits per heavy atom. The van der Waals surface area contributed by atoms with Crippen molar-refractivity contribution in [2.24, 2.45) is 0 Å². The number of pyridine rings is 1. The quantitative estimate of drug-likeness (QED) is 0.744. The Morgan fingerprint density at radius 3 is 2.39 bits per heavy atom. The van der Waals surface area contributed by atoms with E-state index in [9.17, 15) is 0 Å². The van der Waals surface area contributed by atoms with Crippen LogP contribution in [-0.4, -0.2) is 11.0 Å². The van der Waals surface area contributed by atoms with Crippen molar-refractivity contribution in [3.63, 3.8) is 0 Å². The van der Waals surface area contributed by atoms with Gasteiger partial charge in [0.1, 0.15) is 0 Å². The molecule has 3 rings (SSSR count). The van der Waals surface area contributed by atoms with Crippen molar-refractivity contribution in [3.8, 4) is 0 Å². The van der Waals surface area contributed by atoms with Gasteiger partial charge in [-0.2, -0.15) is 0 Å². The van der Waals surface area contributed by atoms with Crippen LogP contribution in [0.25, 0.3) is 0 Å². The lowest BCUT2D eigenvalue weighted by molar-refractivity contribution is 0.412. The van der Waals surface area contributed by atoms with Crippen molar-refractivity contribution in [3.05, 3.63) is 58.9 Å². The zero-order chi connectivity index (χ0) is 16.2. The SMILES string of the molecule is CC(C)c1nccc(NC2CCC(c3ccccc3)CC2)c1Cl. The van der Waals surface area contributed by atoms with Crippen molar-refractivity contribution in [2.75, 3.05) is 5.32 Å². The van der Waals surface area contributed by atoms with Gasteiger partial charge >= 0.3 is 0 Å². The second-order valence-electron chi connectivity index (χ2n) is 6.82. The Hall–Kier alpha value is -1.54. The molecule has 1 aliphatic rings. The highest BCUT2D eigenvalue weighted by Gasteiger charge is 2.23. The smallest absolute Gasteiger partial charge is 0.0855 e. The number of nitrogens with zero attached hydrogens (tertiary/aromatic N) is 1.